The zero-order valence-corrected chi connectivity index (χ0v) is 15.0. The van der Waals surface area contributed by atoms with E-state index in [2.05, 4.69) is 28.2 Å². The van der Waals surface area contributed by atoms with Crippen LogP contribution in [0.5, 0.6) is 11.5 Å². The summed E-state index contributed by atoms with van der Waals surface area (Å²) in [5, 5.41) is 3.34. The highest BCUT2D eigenvalue weighted by Gasteiger charge is 2.10. The molecule has 1 N–H and O–H groups in total. The number of ether oxygens (including phenoxy) is 2. The number of hydrogen-bond acceptors (Lipinski definition) is 3. The average molecular weight is 382 g/mol. The summed E-state index contributed by atoms with van der Waals surface area (Å²) >= 11 is 3.57. The first-order valence-electron chi connectivity index (χ1n) is 7.58. The lowest BCUT2D eigenvalue weighted by atomic mass is 10.2. The predicted octanol–water partition coefficient (Wildman–Crippen LogP) is 4.68. The standard InChI is InChI=1S/C18H21BrFNO2/c1-3-8-23-18-10-16(19)14(9-17(18)22-2)12-21-11-13-4-6-15(20)7-5-13/h4-7,9-10,21H,3,8,11-12H2,1-2H3. The van der Waals surface area contributed by atoms with Crippen LogP contribution in [0.3, 0.4) is 0 Å². The lowest BCUT2D eigenvalue weighted by molar-refractivity contribution is 0.294. The topological polar surface area (TPSA) is 30.5 Å². The molecular formula is C18H21BrFNO2. The second kappa shape index (κ2) is 8.89. The van der Waals surface area contributed by atoms with E-state index >= 15 is 0 Å². The normalized spacial score (nSPS) is 10.6. The van der Waals surface area contributed by atoms with Crippen molar-refractivity contribution >= 4 is 15.9 Å². The van der Waals surface area contributed by atoms with Crippen molar-refractivity contribution < 1.29 is 13.9 Å². The Morgan fingerprint density at radius 2 is 1.83 bits per heavy atom. The molecule has 0 bridgehead atoms. The first-order valence-corrected chi connectivity index (χ1v) is 8.37. The van der Waals surface area contributed by atoms with Gasteiger partial charge in [0.1, 0.15) is 5.82 Å². The van der Waals surface area contributed by atoms with E-state index in [0.717, 1.165) is 33.5 Å². The van der Waals surface area contributed by atoms with Crippen LogP contribution in [0.25, 0.3) is 0 Å². The molecule has 0 saturated heterocycles. The van der Waals surface area contributed by atoms with Crippen molar-refractivity contribution in [2.24, 2.45) is 0 Å². The van der Waals surface area contributed by atoms with Crippen molar-refractivity contribution in [3.8, 4) is 11.5 Å². The average Bonchev–Trinajstić information content (AvgIpc) is 2.56. The van der Waals surface area contributed by atoms with Gasteiger partial charge in [0.15, 0.2) is 11.5 Å². The van der Waals surface area contributed by atoms with Gasteiger partial charge in [-0.25, -0.2) is 4.39 Å². The molecule has 5 heteroatoms. The van der Waals surface area contributed by atoms with E-state index in [4.69, 9.17) is 9.47 Å². The number of benzene rings is 2. The lowest BCUT2D eigenvalue weighted by Gasteiger charge is -2.14. The number of nitrogens with one attached hydrogen (secondary N) is 1. The Labute approximate surface area is 144 Å². The van der Waals surface area contributed by atoms with Crippen LogP contribution < -0.4 is 14.8 Å². The maximum atomic E-state index is 12.9. The summed E-state index contributed by atoms with van der Waals surface area (Å²) < 4.78 is 24.9. The summed E-state index contributed by atoms with van der Waals surface area (Å²) in [5.74, 6) is 1.24. The molecule has 0 heterocycles. The monoisotopic (exact) mass is 381 g/mol. The summed E-state index contributed by atoms with van der Waals surface area (Å²) in [6, 6.07) is 10.4. The summed E-state index contributed by atoms with van der Waals surface area (Å²) in [4.78, 5) is 0. The SMILES string of the molecule is CCCOc1cc(Br)c(CNCc2ccc(F)cc2)cc1OC. The molecule has 0 radical (unpaired) electrons. The molecule has 2 aromatic rings. The minimum atomic E-state index is -0.219. The van der Waals surface area contributed by atoms with E-state index in [1.165, 1.54) is 12.1 Å². The molecule has 0 aliphatic heterocycles. The molecule has 124 valence electrons. The third-order valence-electron chi connectivity index (χ3n) is 3.35. The van der Waals surface area contributed by atoms with Gasteiger partial charge in [0.25, 0.3) is 0 Å². The Balaban J connectivity index is 2.00. The molecule has 0 saturated carbocycles. The van der Waals surface area contributed by atoms with Gasteiger partial charge in [-0.2, -0.15) is 0 Å². The molecule has 3 nitrogen and oxygen atoms in total. The summed E-state index contributed by atoms with van der Waals surface area (Å²) in [6.45, 7) is 4.06. The van der Waals surface area contributed by atoms with Crippen LogP contribution in [0, 0.1) is 5.82 Å². The van der Waals surface area contributed by atoms with Crippen LogP contribution >= 0.6 is 15.9 Å². The highest BCUT2D eigenvalue weighted by molar-refractivity contribution is 9.10. The molecule has 0 aliphatic carbocycles. The maximum Gasteiger partial charge on any atom is 0.162 e. The van der Waals surface area contributed by atoms with Crippen LogP contribution in [-0.2, 0) is 13.1 Å². The fourth-order valence-corrected chi connectivity index (χ4v) is 2.60. The summed E-state index contributed by atoms with van der Waals surface area (Å²) in [5.41, 5.74) is 2.12. The van der Waals surface area contributed by atoms with Crippen molar-refractivity contribution in [2.45, 2.75) is 26.4 Å². The third-order valence-corrected chi connectivity index (χ3v) is 4.09. The lowest BCUT2D eigenvalue weighted by Crippen LogP contribution is -2.13. The van der Waals surface area contributed by atoms with Crippen LogP contribution in [-0.4, -0.2) is 13.7 Å². The van der Waals surface area contributed by atoms with E-state index in [9.17, 15) is 4.39 Å². The van der Waals surface area contributed by atoms with Gasteiger partial charge in [0, 0.05) is 17.6 Å². The van der Waals surface area contributed by atoms with E-state index in [1.807, 2.05) is 12.1 Å². The van der Waals surface area contributed by atoms with E-state index in [0.29, 0.717) is 19.7 Å². The van der Waals surface area contributed by atoms with Gasteiger partial charge in [-0.05, 0) is 41.8 Å². The van der Waals surface area contributed by atoms with Crippen LogP contribution in [0.2, 0.25) is 0 Å². The summed E-state index contributed by atoms with van der Waals surface area (Å²) in [6.07, 6.45) is 0.946. The van der Waals surface area contributed by atoms with Crippen molar-refractivity contribution in [3.05, 3.63) is 57.8 Å². The van der Waals surface area contributed by atoms with Crippen molar-refractivity contribution in [1.82, 2.24) is 5.32 Å². The second-order valence-electron chi connectivity index (χ2n) is 5.17. The first kappa shape index (κ1) is 17.8. The molecule has 2 aromatic carbocycles. The second-order valence-corrected chi connectivity index (χ2v) is 6.03. The molecule has 0 fully saturated rings. The van der Waals surface area contributed by atoms with Crippen molar-refractivity contribution in [3.63, 3.8) is 0 Å². The van der Waals surface area contributed by atoms with Gasteiger partial charge in [0.05, 0.1) is 13.7 Å². The number of rotatable bonds is 8. The molecule has 23 heavy (non-hydrogen) atoms. The first-order chi connectivity index (χ1) is 11.1. The molecule has 0 spiro atoms. The quantitative estimate of drug-likeness (QED) is 0.720. The Morgan fingerprint density at radius 3 is 2.48 bits per heavy atom. The van der Waals surface area contributed by atoms with Gasteiger partial charge >= 0.3 is 0 Å². The highest BCUT2D eigenvalue weighted by atomic mass is 79.9. The minimum Gasteiger partial charge on any atom is -0.493 e. The zero-order valence-electron chi connectivity index (χ0n) is 13.4. The molecule has 0 aromatic heterocycles. The molecule has 0 atom stereocenters. The van der Waals surface area contributed by atoms with Crippen LogP contribution in [0.15, 0.2) is 40.9 Å². The van der Waals surface area contributed by atoms with Crippen molar-refractivity contribution in [1.29, 1.82) is 0 Å². The Morgan fingerprint density at radius 1 is 1.09 bits per heavy atom. The Bertz CT molecular complexity index is 632. The number of methoxy groups -OCH3 is 1. The van der Waals surface area contributed by atoms with Gasteiger partial charge < -0.3 is 14.8 Å². The van der Waals surface area contributed by atoms with Gasteiger partial charge in [0.2, 0.25) is 0 Å². The van der Waals surface area contributed by atoms with Gasteiger partial charge in [-0.3, -0.25) is 0 Å². The third kappa shape index (κ3) is 5.22. The Hall–Kier alpha value is -1.59. The van der Waals surface area contributed by atoms with E-state index in [1.54, 1.807) is 19.2 Å². The molecule has 0 aliphatic rings. The fourth-order valence-electron chi connectivity index (χ4n) is 2.14. The van der Waals surface area contributed by atoms with E-state index in [-0.39, 0.29) is 5.82 Å². The smallest absolute Gasteiger partial charge is 0.162 e. The minimum absolute atomic E-state index is 0.219. The molecular weight excluding hydrogens is 361 g/mol. The fraction of sp³-hybridized carbons (Fsp3) is 0.333. The van der Waals surface area contributed by atoms with Crippen molar-refractivity contribution in [2.75, 3.05) is 13.7 Å². The largest absolute Gasteiger partial charge is 0.493 e. The molecule has 2 rings (SSSR count). The van der Waals surface area contributed by atoms with Crippen LogP contribution in [0.1, 0.15) is 24.5 Å². The molecule has 0 unspecified atom stereocenters. The number of hydrogen-bond donors (Lipinski definition) is 1. The zero-order chi connectivity index (χ0) is 16.7. The predicted molar refractivity (Wildman–Crippen MR) is 93.4 cm³/mol. The van der Waals surface area contributed by atoms with E-state index < -0.39 is 0 Å². The van der Waals surface area contributed by atoms with Gasteiger partial charge in [-0.1, -0.05) is 35.0 Å². The Kier molecular flexibility index (Phi) is 6.86. The maximum absolute atomic E-state index is 12.9. The number of halogens is 2. The van der Waals surface area contributed by atoms with Gasteiger partial charge in [-0.15, -0.1) is 0 Å². The van der Waals surface area contributed by atoms with Crippen LogP contribution in [0.4, 0.5) is 4.39 Å². The highest BCUT2D eigenvalue weighted by Crippen LogP contribution is 2.33. The molecule has 0 amide bonds. The summed E-state index contributed by atoms with van der Waals surface area (Å²) in [7, 11) is 1.64.